The van der Waals surface area contributed by atoms with Crippen LogP contribution in [-0.2, 0) is 9.59 Å². The van der Waals surface area contributed by atoms with E-state index in [9.17, 15) is 9.59 Å². The molecule has 3 fully saturated rings. The zero-order valence-corrected chi connectivity index (χ0v) is 12.7. The third-order valence-electron chi connectivity index (χ3n) is 5.93. The normalized spacial score (nSPS) is 36.7. The molecule has 3 atom stereocenters. The van der Waals surface area contributed by atoms with Crippen molar-refractivity contribution >= 4 is 11.8 Å². The summed E-state index contributed by atoms with van der Waals surface area (Å²) in [5.41, 5.74) is -0.556. The predicted molar refractivity (Wildman–Crippen MR) is 77.0 cm³/mol. The Morgan fingerprint density at radius 1 is 1.25 bits per heavy atom. The molecule has 0 aromatic heterocycles. The van der Waals surface area contributed by atoms with Crippen LogP contribution in [0.2, 0.25) is 0 Å². The third kappa shape index (κ3) is 2.04. The largest absolute Gasteiger partial charge is 0.340 e. The van der Waals surface area contributed by atoms with Crippen LogP contribution in [0, 0.1) is 11.8 Å². The number of rotatable bonds is 2. The van der Waals surface area contributed by atoms with Crippen LogP contribution in [0.15, 0.2) is 0 Å². The second-order valence-corrected chi connectivity index (χ2v) is 6.94. The maximum absolute atomic E-state index is 12.9. The molecule has 0 radical (unpaired) electrons. The monoisotopic (exact) mass is 278 g/mol. The molecule has 3 unspecified atom stereocenters. The summed E-state index contributed by atoms with van der Waals surface area (Å²) in [6, 6.07) is 0.274. The third-order valence-corrected chi connectivity index (χ3v) is 5.93. The zero-order chi connectivity index (χ0) is 14.3. The highest BCUT2D eigenvalue weighted by atomic mass is 16.2. The average molecular weight is 278 g/mol. The Morgan fingerprint density at radius 2 is 1.95 bits per heavy atom. The molecule has 2 amide bonds. The lowest BCUT2D eigenvalue weighted by Crippen LogP contribution is -2.67. The maximum Gasteiger partial charge on any atom is 0.249 e. The van der Waals surface area contributed by atoms with Gasteiger partial charge in [0.1, 0.15) is 5.54 Å². The Balaban J connectivity index is 1.82. The first-order valence-corrected chi connectivity index (χ1v) is 8.19. The van der Waals surface area contributed by atoms with Gasteiger partial charge in [0.25, 0.3) is 0 Å². The van der Waals surface area contributed by atoms with Crippen LogP contribution in [0.4, 0.5) is 0 Å². The van der Waals surface area contributed by atoms with E-state index in [1.54, 1.807) is 0 Å². The summed E-state index contributed by atoms with van der Waals surface area (Å²) < 4.78 is 0. The zero-order valence-electron chi connectivity index (χ0n) is 12.7. The highest BCUT2D eigenvalue weighted by molar-refractivity contribution is 5.98. The molecule has 1 N–H and O–H groups in total. The average Bonchev–Trinajstić information content (AvgIpc) is 3.02. The number of carbonyl (C=O) groups excluding carboxylic acids is 2. The van der Waals surface area contributed by atoms with Crippen molar-refractivity contribution in [3.63, 3.8) is 0 Å². The summed E-state index contributed by atoms with van der Waals surface area (Å²) >= 11 is 0. The minimum absolute atomic E-state index is 0.0404. The summed E-state index contributed by atoms with van der Waals surface area (Å²) in [4.78, 5) is 26.9. The van der Waals surface area contributed by atoms with E-state index in [0.29, 0.717) is 11.8 Å². The molecule has 2 saturated carbocycles. The smallest absolute Gasteiger partial charge is 0.249 e. The fourth-order valence-electron chi connectivity index (χ4n) is 4.69. The molecule has 0 bridgehead atoms. The first-order valence-electron chi connectivity index (χ1n) is 8.19. The van der Waals surface area contributed by atoms with Crippen LogP contribution < -0.4 is 5.32 Å². The van der Waals surface area contributed by atoms with Gasteiger partial charge in [0.15, 0.2) is 0 Å². The van der Waals surface area contributed by atoms with Gasteiger partial charge in [-0.2, -0.15) is 0 Å². The molecule has 1 spiro atoms. The number of nitrogens with zero attached hydrogens (tertiary/aromatic N) is 1. The number of piperazine rings is 1. The van der Waals surface area contributed by atoms with E-state index in [4.69, 9.17) is 0 Å². The van der Waals surface area contributed by atoms with E-state index in [-0.39, 0.29) is 24.4 Å². The van der Waals surface area contributed by atoms with Crippen LogP contribution in [0.25, 0.3) is 0 Å². The van der Waals surface area contributed by atoms with Crippen molar-refractivity contribution in [2.45, 2.75) is 70.4 Å². The molecular weight excluding hydrogens is 252 g/mol. The van der Waals surface area contributed by atoms with Crippen LogP contribution in [0.1, 0.15) is 58.8 Å². The topological polar surface area (TPSA) is 49.4 Å². The Morgan fingerprint density at radius 3 is 2.55 bits per heavy atom. The van der Waals surface area contributed by atoms with Gasteiger partial charge in [0.2, 0.25) is 11.8 Å². The molecule has 20 heavy (non-hydrogen) atoms. The van der Waals surface area contributed by atoms with E-state index >= 15 is 0 Å². The van der Waals surface area contributed by atoms with Crippen molar-refractivity contribution in [2.75, 3.05) is 6.54 Å². The van der Waals surface area contributed by atoms with E-state index in [2.05, 4.69) is 19.2 Å². The quantitative estimate of drug-likeness (QED) is 0.841. The molecular formula is C16H26N2O2. The second kappa shape index (κ2) is 5.05. The van der Waals surface area contributed by atoms with Crippen LogP contribution in [0.3, 0.4) is 0 Å². The molecule has 1 saturated heterocycles. The molecule has 0 aromatic rings. The standard InChI is InChI=1S/C16H26N2O2/c1-3-12-6-7-13(11(12)2)18-10-14(19)17-16(15(18)20)8-4-5-9-16/h11-13H,3-10H2,1-2H3,(H,17,19). The molecule has 4 heteroatoms. The van der Waals surface area contributed by atoms with E-state index in [0.717, 1.165) is 32.1 Å². The van der Waals surface area contributed by atoms with Gasteiger partial charge in [0.05, 0.1) is 6.54 Å². The molecule has 112 valence electrons. The Labute approximate surface area is 121 Å². The molecule has 1 aliphatic heterocycles. The van der Waals surface area contributed by atoms with Crippen LogP contribution in [-0.4, -0.2) is 34.8 Å². The van der Waals surface area contributed by atoms with E-state index in [1.165, 1.54) is 12.8 Å². The second-order valence-electron chi connectivity index (χ2n) is 6.94. The highest BCUT2D eigenvalue weighted by Crippen LogP contribution is 2.40. The van der Waals surface area contributed by atoms with Crippen LogP contribution in [0.5, 0.6) is 0 Å². The maximum atomic E-state index is 12.9. The van der Waals surface area contributed by atoms with Crippen LogP contribution >= 0.6 is 0 Å². The Bertz CT molecular complexity index is 415. The minimum atomic E-state index is -0.556. The lowest BCUT2D eigenvalue weighted by Gasteiger charge is -2.43. The van der Waals surface area contributed by atoms with Crippen molar-refractivity contribution in [3.8, 4) is 0 Å². The highest BCUT2D eigenvalue weighted by Gasteiger charge is 2.51. The van der Waals surface area contributed by atoms with E-state index < -0.39 is 5.54 Å². The fourth-order valence-corrected chi connectivity index (χ4v) is 4.69. The summed E-state index contributed by atoms with van der Waals surface area (Å²) in [5.74, 6) is 1.47. The Kier molecular flexibility index (Phi) is 3.51. The minimum Gasteiger partial charge on any atom is -0.340 e. The molecule has 0 aromatic carbocycles. The molecule has 2 aliphatic carbocycles. The first-order chi connectivity index (χ1) is 9.57. The molecule has 1 heterocycles. The van der Waals surface area contributed by atoms with Crippen molar-refractivity contribution in [2.24, 2.45) is 11.8 Å². The number of nitrogens with one attached hydrogen (secondary N) is 1. The molecule has 4 nitrogen and oxygen atoms in total. The van der Waals surface area contributed by atoms with Gasteiger partial charge in [-0.25, -0.2) is 0 Å². The van der Waals surface area contributed by atoms with Gasteiger partial charge in [-0.15, -0.1) is 0 Å². The van der Waals surface area contributed by atoms with Crippen molar-refractivity contribution in [1.82, 2.24) is 10.2 Å². The lowest BCUT2D eigenvalue weighted by atomic mass is 9.88. The fraction of sp³-hybridized carbons (Fsp3) is 0.875. The predicted octanol–water partition coefficient (Wildman–Crippen LogP) is 2.08. The van der Waals surface area contributed by atoms with Crippen molar-refractivity contribution in [3.05, 3.63) is 0 Å². The van der Waals surface area contributed by atoms with Gasteiger partial charge in [-0.1, -0.05) is 33.1 Å². The Hall–Kier alpha value is -1.06. The van der Waals surface area contributed by atoms with Gasteiger partial charge in [0, 0.05) is 6.04 Å². The van der Waals surface area contributed by atoms with Crippen molar-refractivity contribution in [1.29, 1.82) is 0 Å². The summed E-state index contributed by atoms with van der Waals surface area (Å²) in [7, 11) is 0. The van der Waals surface area contributed by atoms with Crippen molar-refractivity contribution < 1.29 is 9.59 Å². The van der Waals surface area contributed by atoms with Gasteiger partial charge >= 0.3 is 0 Å². The number of carbonyl (C=O) groups is 2. The summed E-state index contributed by atoms with van der Waals surface area (Å²) in [6.45, 7) is 4.76. The molecule has 3 aliphatic rings. The van der Waals surface area contributed by atoms with Gasteiger partial charge in [-0.3, -0.25) is 9.59 Å². The number of hydrogen-bond acceptors (Lipinski definition) is 2. The van der Waals surface area contributed by atoms with E-state index in [1.807, 2.05) is 4.90 Å². The number of hydrogen-bond donors (Lipinski definition) is 1. The summed E-state index contributed by atoms with van der Waals surface area (Å²) in [5, 5.41) is 3.00. The van der Waals surface area contributed by atoms with Gasteiger partial charge in [-0.05, 0) is 37.5 Å². The first kappa shape index (κ1) is 13.9. The molecule has 3 rings (SSSR count). The SMILES string of the molecule is CCC1CCC(N2CC(=O)NC3(CCCC3)C2=O)C1C. The summed E-state index contributed by atoms with van der Waals surface area (Å²) in [6.07, 6.45) is 7.20. The number of amides is 2. The lowest BCUT2D eigenvalue weighted by molar-refractivity contribution is -0.153. The van der Waals surface area contributed by atoms with Gasteiger partial charge < -0.3 is 10.2 Å².